The third-order valence-corrected chi connectivity index (χ3v) is 4.36. The predicted molar refractivity (Wildman–Crippen MR) is 114 cm³/mol. The van der Waals surface area contributed by atoms with Gasteiger partial charge in [0.05, 0.1) is 24.1 Å². The molecule has 0 saturated heterocycles. The summed E-state index contributed by atoms with van der Waals surface area (Å²) in [6.45, 7) is 4.48. The van der Waals surface area contributed by atoms with E-state index in [0.29, 0.717) is 35.3 Å². The van der Waals surface area contributed by atoms with Crippen molar-refractivity contribution in [1.82, 2.24) is 14.8 Å². The van der Waals surface area contributed by atoms with Crippen LogP contribution in [0, 0.1) is 11.7 Å². The molecule has 0 bridgehead atoms. The van der Waals surface area contributed by atoms with Crippen molar-refractivity contribution in [2.75, 3.05) is 11.9 Å². The number of hydrogen-bond donors (Lipinski definition) is 1. The SMILES string of the molecule is CC(C)COc1nc(-c2ccccc2F)n(-c2ccc(NC(=O)c3ccco3)cc2)n1. The molecule has 7 nitrogen and oxygen atoms in total. The van der Waals surface area contributed by atoms with Crippen LogP contribution in [0.15, 0.2) is 71.3 Å². The molecule has 0 aliphatic carbocycles. The molecule has 0 spiro atoms. The maximum Gasteiger partial charge on any atom is 0.336 e. The second-order valence-electron chi connectivity index (χ2n) is 7.29. The van der Waals surface area contributed by atoms with Crippen molar-refractivity contribution in [2.45, 2.75) is 13.8 Å². The minimum Gasteiger partial charge on any atom is -0.462 e. The van der Waals surface area contributed by atoms with Crippen molar-refractivity contribution in [2.24, 2.45) is 5.92 Å². The molecule has 2 aromatic carbocycles. The van der Waals surface area contributed by atoms with E-state index in [1.807, 2.05) is 13.8 Å². The fourth-order valence-electron chi connectivity index (χ4n) is 2.88. The molecule has 158 valence electrons. The number of furan rings is 1. The van der Waals surface area contributed by atoms with E-state index in [0.717, 1.165) is 0 Å². The molecule has 0 unspecified atom stereocenters. The first-order chi connectivity index (χ1) is 15.0. The van der Waals surface area contributed by atoms with Crippen LogP contribution in [-0.2, 0) is 0 Å². The largest absolute Gasteiger partial charge is 0.462 e. The first kappa shape index (κ1) is 20.3. The number of halogens is 1. The number of nitrogens with one attached hydrogen (secondary N) is 1. The molecule has 0 saturated carbocycles. The zero-order valence-corrected chi connectivity index (χ0v) is 17.1. The van der Waals surface area contributed by atoms with Crippen molar-refractivity contribution in [3.8, 4) is 23.1 Å². The molecule has 0 aliphatic rings. The van der Waals surface area contributed by atoms with Crippen LogP contribution in [0.4, 0.5) is 10.1 Å². The third kappa shape index (κ3) is 4.63. The summed E-state index contributed by atoms with van der Waals surface area (Å²) in [6.07, 6.45) is 1.44. The lowest BCUT2D eigenvalue weighted by molar-refractivity contribution is 0.0996. The number of carbonyl (C=O) groups excluding carboxylic acids is 1. The van der Waals surface area contributed by atoms with Gasteiger partial charge < -0.3 is 14.5 Å². The predicted octanol–water partition coefficient (Wildman–Crippen LogP) is 4.95. The molecule has 8 heteroatoms. The number of amides is 1. The second-order valence-corrected chi connectivity index (χ2v) is 7.29. The molecule has 1 N–H and O–H groups in total. The summed E-state index contributed by atoms with van der Waals surface area (Å²) < 4.78 is 26.7. The number of hydrogen-bond acceptors (Lipinski definition) is 5. The Balaban J connectivity index is 1.64. The summed E-state index contributed by atoms with van der Waals surface area (Å²) in [5.74, 6) is 0.0723. The second kappa shape index (κ2) is 8.83. The Kier molecular flexibility index (Phi) is 5.79. The Labute approximate surface area is 178 Å². The summed E-state index contributed by atoms with van der Waals surface area (Å²) in [5.41, 5.74) is 1.53. The highest BCUT2D eigenvalue weighted by atomic mass is 19.1. The maximum atomic E-state index is 14.5. The highest BCUT2D eigenvalue weighted by Gasteiger charge is 2.18. The van der Waals surface area contributed by atoms with Crippen LogP contribution in [0.2, 0.25) is 0 Å². The molecule has 31 heavy (non-hydrogen) atoms. The standard InChI is InChI=1S/C23H21FN4O3/c1-15(2)14-31-23-26-21(18-6-3-4-7-19(18)24)28(27-23)17-11-9-16(10-12-17)25-22(29)20-8-5-13-30-20/h3-13,15H,14H2,1-2H3,(H,25,29). The number of rotatable bonds is 7. The van der Waals surface area contributed by atoms with Crippen LogP contribution in [0.5, 0.6) is 6.01 Å². The van der Waals surface area contributed by atoms with Crippen molar-refractivity contribution in [3.05, 3.63) is 78.5 Å². The van der Waals surface area contributed by atoms with Gasteiger partial charge in [0.15, 0.2) is 11.6 Å². The van der Waals surface area contributed by atoms with Gasteiger partial charge in [-0.2, -0.15) is 4.98 Å². The molecule has 0 radical (unpaired) electrons. The van der Waals surface area contributed by atoms with Gasteiger partial charge in [0.25, 0.3) is 5.91 Å². The van der Waals surface area contributed by atoms with Gasteiger partial charge in [-0.15, -0.1) is 5.10 Å². The van der Waals surface area contributed by atoms with E-state index in [9.17, 15) is 9.18 Å². The molecule has 4 rings (SSSR count). The van der Waals surface area contributed by atoms with Crippen molar-refractivity contribution in [1.29, 1.82) is 0 Å². The average Bonchev–Trinajstić information content (AvgIpc) is 3.44. The van der Waals surface area contributed by atoms with Gasteiger partial charge >= 0.3 is 6.01 Å². The Morgan fingerprint density at radius 3 is 2.58 bits per heavy atom. The lowest BCUT2D eigenvalue weighted by Crippen LogP contribution is -2.11. The van der Waals surface area contributed by atoms with E-state index >= 15 is 0 Å². The van der Waals surface area contributed by atoms with Gasteiger partial charge in [0.1, 0.15) is 5.82 Å². The van der Waals surface area contributed by atoms with E-state index in [1.165, 1.54) is 17.0 Å². The minimum atomic E-state index is -0.408. The third-order valence-electron chi connectivity index (χ3n) is 4.36. The van der Waals surface area contributed by atoms with Gasteiger partial charge in [0, 0.05) is 5.69 Å². The van der Waals surface area contributed by atoms with Gasteiger partial charge in [-0.05, 0) is 54.4 Å². The smallest absolute Gasteiger partial charge is 0.336 e. The lowest BCUT2D eigenvalue weighted by Gasteiger charge is -2.08. The van der Waals surface area contributed by atoms with Crippen LogP contribution < -0.4 is 10.1 Å². The molecule has 1 amide bonds. The molecular formula is C23H21FN4O3. The molecule has 0 atom stereocenters. The molecule has 0 aliphatic heterocycles. The van der Waals surface area contributed by atoms with Crippen molar-refractivity contribution < 1.29 is 18.3 Å². The molecule has 0 fully saturated rings. The molecule has 2 aromatic heterocycles. The number of aromatic nitrogens is 3. The number of anilines is 1. The minimum absolute atomic E-state index is 0.169. The Morgan fingerprint density at radius 2 is 1.90 bits per heavy atom. The van der Waals surface area contributed by atoms with E-state index < -0.39 is 5.82 Å². The van der Waals surface area contributed by atoms with E-state index in [2.05, 4.69) is 15.4 Å². The van der Waals surface area contributed by atoms with Crippen LogP contribution in [0.3, 0.4) is 0 Å². The fraction of sp³-hybridized carbons (Fsp3) is 0.174. The topological polar surface area (TPSA) is 82.2 Å². The summed E-state index contributed by atoms with van der Waals surface area (Å²) in [6, 6.07) is 16.7. The fourth-order valence-corrected chi connectivity index (χ4v) is 2.88. The first-order valence-corrected chi connectivity index (χ1v) is 9.81. The summed E-state index contributed by atoms with van der Waals surface area (Å²) in [5, 5.41) is 7.17. The monoisotopic (exact) mass is 420 g/mol. The van der Waals surface area contributed by atoms with Gasteiger partial charge in [0.2, 0.25) is 0 Å². The number of carbonyl (C=O) groups is 1. The zero-order chi connectivity index (χ0) is 21.8. The van der Waals surface area contributed by atoms with Gasteiger partial charge in [-0.1, -0.05) is 26.0 Å². The van der Waals surface area contributed by atoms with E-state index in [-0.39, 0.29) is 17.7 Å². The number of nitrogens with zero attached hydrogens (tertiary/aromatic N) is 3. The number of benzene rings is 2. The quantitative estimate of drug-likeness (QED) is 0.457. The summed E-state index contributed by atoms with van der Waals surface area (Å²) in [7, 11) is 0. The molecular weight excluding hydrogens is 399 g/mol. The van der Waals surface area contributed by atoms with E-state index in [4.69, 9.17) is 9.15 Å². The van der Waals surface area contributed by atoms with Gasteiger partial charge in [-0.25, -0.2) is 9.07 Å². The molecule has 4 aromatic rings. The normalized spacial score (nSPS) is 11.0. The molecule has 2 heterocycles. The highest BCUT2D eigenvalue weighted by molar-refractivity contribution is 6.02. The van der Waals surface area contributed by atoms with Crippen LogP contribution in [0.1, 0.15) is 24.4 Å². The Hall–Kier alpha value is -3.94. The summed E-state index contributed by atoms with van der Waals surface area (Å²) >= 11 is 0. The maximum absolute atomic E-state index is 14.5. The lowest BCUT2D eigenvalue weighted by atomic mass is 10.2. The first-order valence-electron chi connectivity index (χ1n) is 9.81. The Morgan fingerprint density at radius 1 is 1.13 bits per heavy atom. The van der Waals surface area contributed by atoms with Crippen molar-refractivity contribution in [3.63, 3.8) is 0 Å². The van der Waals surface area contributed by atoms with E-state index in [1.54, 1.807) is 54.6 Å². The average molecular weight is 420 g/mol. The summed E-state index contributed by atoms with van der Waals surface area (Å²) in [4.78, 5) is 16.5. The highest BCUT2D eigenvalue weighted by Crippen LogP contribution is 2.26. The van der Waals surface area contributed by atoms with Crippen molar-refractivity contribution >= 4 is 11.6 Å². The van der Waals surface area contributed by atoms with Crippen LogP contribution in [0.25, 0.3) is 17.1 Å². The van der Waals surface area contributed by atoms with Gasteiger partial charge in [-0.3, -0.25) is 4.79 Å². The zero-order valence-electron chi connectivity index (χ0n) is 17.1. The van der Waals surface area contributed by atoms with Crippen LogP contribution >= 0.6 is 0 Å². The number of ether oxygens (including phenoxy) is 1. The Bertz CT molecular complexity index is 1170. The van der Waals surface area contributed by atoms with Crippen LogP contribution in [-0.4, -0.2) is 27.3 Å².